The van der Waals surface area contributed by atoms with Gasteiger partial charge < -0.3 is 0 Å². The first kappa shape index (κ1) is 24.2. The standard InChI is InChI=1S/C16H22.C9H14.CH4/c1-5-6-16(13(2)3)12-11-15-9-7-14(4)8-10-15;1-8(2)9-6-4-3-5-7-9;/h7-12,16H,2,5-6H2,1,3-4H3;4,6-8H,3,5H2,1-2H3;1H4/b12-11-;;. The summed E-state index contributed by atoms with van der Waals surface area (Å²) in [6.07, 6.45) is 16.2. The van der Waals surface area contributed by atoms with E-state index in [9.17, 15) is 0 Å². The number of benzene rings is 1. The van der Waals surface area contributed by atoms with Crippen LogP contribution in [0.1, 0.15) is 71.9 Å². The van der Waals surface area contributed by atoms with Crippen LogP contribution < -0.4 is 0 Å². The maximum atomic E-state index is 4.05. The quantitative estimate of drug-likeness (QED) is 0.450. The Morgan fingerprint density at radius 1 is 1.15 bits per heavy atom. The lowest BCUT2D eigenvalue weighted by Gasteiger charge is -2.10. The first-order valence-corrected chi connectivity index (χ1v) is 9.70. The predicted octanol–water partition coefficient (Wildman–Crippen LogP) is 8.56. The molecule has 0 nitrogen and oxygen atoms in total. The summed E-state index contributed by atoms with van der Waals surface area (Å²) in [6.45, 7) is 15.0. The lowest BCUT2D eigenvalue weighted by Crippen LogP contribution is -1.96. The average molecular weight is 353 g/mol. The third-order valence-electron chi connectivity index (χ3n) is 4.52. The molecule has 1 aliphatic carbocycles. The van der Waals surface area contributed by atoms with Gasteiger partial charge in [0.15, 0.2) is 0 Å². The van der Waals surface area contributed by atoms with E-state index in [1.54, 1.807) is 0 Å². The van der Waals surface area contributed by atoms with Gasteiger partial charge in [-0.2, -0.15) is 0 Å². The maximum absolute atomic E-state index is 4.05. The number of hydrogen-bond acceptors (Lipinski definition) is 0. The van der Waals surface area contributed by atoms with Crippen molar-refractivity contribution in [3.05, 3.63) is 77.4 Å². The van der Waals surface area contributed by atoms with Crippen LogP contribution in [0.15, 0.2) is 66.3 Å². The molecule has 1 aromatic rings. The van der Waals surface area contributed by atoms with Gasteiger partial charge in [-0.15, -0.1) is 0 Å². The van der Waals surface area contributed by atoms with Crippen LogP contribution in [0.5, 0.6) is 0 Å². The van der Waals surface area contributed by atoms with Crippen LogP contribution in [0.2, 0.25) is 0 Å². The minimum atomic E-state index is 0. The highest BCUT2D eigenvalue weighted by Gasteiger charge is 2.03. The molecule has 1 aromatic carbocycles. The van der Waals surface area contributed by atoms with Crippen LogP contribution in [0.3, 0.4) is 0 Å². The second-order valence-corrected chi connectivity index (χ2v) is 7.35. The fourth-order valence-electron chi connectivity index (χ4n) is 2.78. The van der Waals surface area contributed by atoms with Gasteiger partial charge >= 0.3 is 0 Å². The molecule has 0 saturated heterocycles. The molecular formula is C26H40. The van der Waals surface area contributed by atoms with E-state index in [-0.39, 0.29) is 7.43 Å². The van der Waals surface area contributed by atoms with Crippen LogP contribution in [-0.2, 0) is 0 Å². The minimum Gasteiger partial charge on any atom is -0.0995 e. The summed E-state index contributed by atoms with van der Waals surface area (Å²) < 4.78 is 0. The van der Waals surface area contributed by atoms with Gasteiger partial charge in [-0.1, -0.05) is 107 Å². The number of aryl methyl sites for hydroxylation is 1. The topological polar surface area (TPSA) is 0 Å². The van der Waals surface area contributed by atoms with Crippen LogP contribution in [0.4, 0.5) is 0 Å². The lowest BCUT2D eigenvalue weighted by molar-refractivity contribution is 0.662. The average Bonchev–Trinajstić information content (AvgIpc) is 2.61. The van der Waals surface area contributed by atoms with Crippen molar-refractivity contribution in [2.45, 2.75) is 67.7 Å². The second kappa shape index (κ2) is 13.4. The Bertz CT molecular complexity index is 593. The molecule has 0 heterocycles. The van der Waals surface area contributed by atoms with E-state index >= 15 is 0 Å². The summed E-state index contributed by atoms with van der Waals surface area (Å²) in [5.41, 5.74) is 5.33. The molecule has 1 aliphatic rings. The van der Waals surface area contributed by atoms with Crippen LogP contribution in [0.25, 0.3) is 6.08 Å². The maximum Gasteiger partial charge on any atom is -0.00255 e. The van der Waals surface area contributed by atoms with Crippen molar-refractivity contribution >= 4 is 6.08 Å². The van der Waals surface area contributed by atoms with Gasteiger partial charge in [0.25, 0.3) is 0 Å². The fourth-order valence-corrected chi connectivity index (χ4v) is 2.78. The van der Waals surface area contributed by atoms with Crippen molar-refractivity contribution in [2.75, 3.05) is 0 Å². The molecule has 0 aromatic heterocycles. The molecule has 0 amide bonds. The molecule has 1 unspecified atom stereocenters. The van der Waals surface area contributed by atoms with Gasteiger partial charge in [0.2, 0.25) is 0 Å². The molecule has 0 radical (unpaired) electrons. The highest BCUT2D eigenvalue weighted by molar-refractivity contribution is 5.50. The zero-order valence-corrected chi connectivity index (χ0v) is 16.9. The fraction of sp³-hybridized carbons (Fsp3) is 0.462. The Morgan fingerprint density at radius 2 is 1.81 bits per heavy atom. The van der Waals surface area contributed by atoms with Gasteiger partial charge in [-0.3, -0.25) is 0 Å². The monoisotopic (exact) mass is 352 g/mol. The van der Waals surface area contributed by atoms with Crippen molar-refractivity contribution in [3.8, 4) is 0 Å². The van der Waals surface area contributed by atoms with Crippen molar-refractivity contribution in [1.82, 2.24) is 0 Å². The number of rotatable bonds is 6. The van der Waals surface area contributed by atoms with E-state index in [4.69, 9.17) is 0 Å². The highest BCUT2D eigenvalue weighted by Crippen LogP contribution is 2.18. The second-order valence-electron chi connectivity index (χ2n) is 7.35. The molecular weight excluding hydrogens is 312 g/mol. The lowest BCUT2D eigenvalue weighted by atomic mass is 9.95. The Labute approximate surface area is 163 Å². The Morgan fingerprint density at radius 3 is 2.23 bits per heavy atom. The van der Waals surface area contributed by atoms with Crippen molar-refractivity contribution < 1.29 is 0 Å². The summed E-state index contributed by atoms with van der Waals surface area (Å²) in [4.78, 5) is 0. The third kappa shape index (κ3) is 9.61. The first-order valence-electron chi connectivity index (χ1n) is 9.70. The normalized spacial score (nSPS) is 14.3. The third-order valence-corrected chi connectivity index (χ3v) is 4.52. The molecule has 0 fully saturated rings. The molecule has 1 atom stereocenters. The molecule has 0 N–H and O–H groups in total. The molecule has 0 bridgehead atoms. The molecule has 0 saturated carbocycles. The molecule has 0 heteroatoms. The molecule has 26 heavy (non-hydrogen) atoms. The van der Waals surface area contributed by atoms with Crippen molar-refractivity contribution in [2.24, 2.45) is 11.8 Å². The summed E-state index contributed by atoms with van der Waals surface area (Å²) in [6, 6.07) is 8.62. The summed E-state index contributed by atoms with van der Waals surface area (Å²) >= 11 is 0. The Kier molecular flexibility index (Phi) is 12.5. The zero-order valence-electron chi connectivity index (χ0n) is 16.9. The molecule has 2 rings (SSSR count). The summed E-state index contributed by atoms with van der Waals surface area (Å²) in [5, 5.41) is 0. The Hall–Kier alpha value is -1.82. The van der Waals surface area contributed by atoms with E-state index in [0.717, 1.165) is 0 Å². The smallest absolute Gasteiger partial charge is 0.00255 e. The van der Waals surface area contributed by atoms with E-state index in [2.05, 4.69) is 95.8 Å². The largest absolute Gasteiger partial charge is 0.0995 e. The Balaban J connectivity index is 0.000000532. The van der Waals surface area contributed by atoms with Crippen LogP contribution in [-0.4, -0.2) is 0 Å². The zero-order chi connectivity index (χ0) is 18.7. The van der Waals surface area contributed by atoms with Crippen molar-refractivity contribution in [1.29, 1.82) is 0 Å². The molecule has 144 valence electrons. The SMILES string of the molecule is C.C=C(C)C(/C=C\c1ccc(C)cc1)CCC.CC(C)C1=CCCC=C1. The van der Waals surface area contributed by atoms with Gasteiger partial charge in [-0.25, -0.2) is 0 Å². The van der Waals surface area contributed by atoms with Gasteiger partial charge in [0.1, 0.15) is 0 Å². The van der Waals surface area contributed by atoms with Gasteiger partial charge in [0.05, 0.1) is 0 Å². The van der Waals surface area contributed by atoms with E-state index in [1.807, 2.05) is 0 Å². The number of hydrogen-bond donors (Lipinski definition) is 0. The van der Waals surface area contributed by atoms with E-state index < -0.39 is 0 Å². The highest BCUT2D eigenvalue weighted by atomic mass is 14.1. The van der Waals surface area contributed by atoms with Gasteiger partial charge in [-0.05, 0) is 56.1 Å². The summed E-state index contributed by atoms with van der Waals surface area (Å²) in [7, 11) is 0. The van der Waals surface area contributed by atoms with Crippen molar-refractivity contribution in [3.63, 3.8) is 0 Å². The molecule has 0 spiro atoms. The van der Waals surface area contributed by atoms with Gasteiger partial charge in [0, 0.05) is 0 Å². The minimum absolute atomic E-state index is 0. The molecule has 0 aliphatic heterocycles. The van der Waals surface area contributed by atoms with Crippen LogP contribution >= 0.6 is 0 Å². The van der Waals surface area contributed by atoms with Crippen LogP contribution in [0, 0.1) is 18.8 Å². The predicted molar refractivity (Wildman–Crippen MR) is 121 cm³/mol. The summed E-state index contributed by atoms with van der Waals surface area (Å²) in [5.74, 6) is 1.23. The van der Waals surface area contributed by atoms with E-state index in [0.29, 0.717) is 11.8 Å². The number of allylic oxidation sites excluding steroid dienone is 6. The first-order chi connectivity index (χ1) is 11.9. The van der Waals surface area contributed by atoms with E-state index in [1.165, 1.54) is 48.0 Å².